The lowest BCUT2D eigenvalue weighted by atomic mass is 9.92. The van der Waals surface area contributed by atoms with E-state index in [1.165, 1.54) is 9.80 Å². The van der Waals surface area contributed by atoms with E-state index in [0.717, 1.165) is 38.5 Å². The van der Waals surface area contributed by atoms with Crippen LogP contribution in [0.1, 0.15) is 33.6 Å². The van der Waals surface area contributed by atoms with Crippen LogP contribution in [0.2, 0.25) is 0 Å². The summed E-state index contributed by atoms with van der Waals surface area (Å²) in [5, 5.41) is 2.90. The number of rotatable bonds is 6. The summed E-state index contributed by atoms with van der Waals surface area (Å²) < 4.78 is 0. The molecule has 1 aromatic heterocycles. The lowest BCUT2D eigenvalue weighted by Crippen LogP contribution is -3.16. The minimum atomic E-state index is -0.763. The van der Waals surface area contributed by atoms with Gasteiger partial charge in [0.15, 0.2) is 6.67 Å². The molecule has 8 heteroatoms. The highest BCUT2D eigenvalue weighted by Gasteiger charge is 2.48. The van der Waals surface area contributed by atoms with Crippen molar-refractivity contribution in [2.45, 2.75) is 39.2 Å². The van der Waals surface area contributed by atoms with Crippen molar-refractivity contribution < 1.29 is 14.5 Å². The van der Waals surface area contributed by atoms with Gasteiger partial charge < -0.3 is 15.1 Å². The second kappa shape index (κ2) is 7.57. The standard InChI is InChI=1S/C18H28N6O2/c1-14(2)5-6-18(3)15(25)24(17(26)21-18)13-22-9-11-23(12-10-22)16-19-7-4-8-20-16/h4,7-8,14H,5-6,9-13H2,1-3H3,(H,21,26)/p+1/t18-/m0/s1. The van der Waals surface area contributed by atoms with Crippen molar-refractivity contribution in [1.82, 2.24) is 20.2 Å². The van der Waals surface area contributed by atoms with Gasteiger partial charge in [0.25, 0.3) is 5.91 Å². The minimum Gasteiger partial charge on any atom is -0.330 e. The van der Waals surface area contributed by atoms with Crippen molar-refractivity contribution in [3.05, 3.63) is 18.5 Å². The Kier molecular flexibility index (Phi) is 5.41. The number of piperazine rings is 1. The third-order valence-corrected chi connectivity index (χ3v) is 5.25. The molecule has 1 aromatic rings. The normalized spacial score (nSPS) is 24.5. The average molecular weight is 361 g/mol. The van der Waals surface area contributed by atoms with Crippen molar-refractivity contribution in [2.75, 3.05) is 37.7 Å². The molecule has 2 aliphatic rings. The van der Waals surface area contributed by atoms with E-state index >= 15 is 0 Å². The van der Waals surface area contributed by atoms with Crippen LogP contribution in [0.15, 0.2) is 18.5 Å². The zero-order valence-corrected chi connectivity index (χ0v) is 15.9. The van der Waals surface area contributed by atoms with Gasteiger partial charge in [-0.25, -0.2) is 19.7 Å². The van der Waals surface area contributed by atoms with Crippen molar-refractivity contribution in [3.63, 3.8) is 0 Å². The lowest BCUT2D eigenvalue weighted by Gasteiger charge is -2.33. The number of imide groups is 1. The number of carbonyl (C=O) groups excluding carboxylic acids is 2. The van der Waals surface area contributed by atoms with E-state index in [1.807, 2.05) is 6.92 Å². The number of urea groups is 1. The highest BCUT2D eigenvalue weighted by Crippen LogP contribution is 2.24. The summed E-state index contributed by atoms with van der Waals surface area (Å²) in [6.07, 6.45) is 5.08. The van der Waals surface area contributed by atoms with Crippen LogP contribution in [0.5, 0.6) is 0 Å². The fraction of sp³-hybridized carbons (Fsp3) is 0.667. The van der Waals surface area contributed by atoms with E-state index < -0.39 is 5.54 Å². The van der Waals surface area contributed by atoms with Crippen LogP contribution >= 0.6 is 0 Å². The number of nitrogens with zero attached hydrogens (tertiary/aromatic N) is 4. The molecule has 142 valence electrons. The molecule has 3 amide bonds. The molecule has 0 spiro atoms. The Balaban J connectivity index is 1.55. The van der Waals surface area contributed by atoms with Gasteiger partial charge in [-0.3, -0.25) is 4.79 Å². The summed E-state index contributed by atoms with van der Waals surface area (Å²) in [6.45, 7) is 9.84. The molecule has 0 bridgehead atoms. The second-order valence-corrected chi connectivity index (χ2v) is 7.87. The van der Waals surface area contributed by atoms with Crippen LogP contribution in [0.3, 0.4) is 0 Å². The van der Waals surface area contributed by atoms with Gasteiger partial charge >= 0.3 is 6.03 Å². The molecule has 3 heterocycles. The van der Waals surface area contributed by atoms with Crippen molar-refractivity contribution in [2.24, 2.45) is 5.92 Å². The molecule has 0 saturated carbocycles. The quantitative estimate of drug-likeness (QED) is 0.691. The first-order valence-electron chi connectivity index (χ1n) is 9.39. The molecule has 0 unspecified atom stereocenters. The van der Waals surface area contributed by atoms with Gasteiger partial charge in [-0.1, -0.05) is 13.8 Å². The van der Waals surface area contributed by atoms with E-state index in [2.05, 4.69) is 34.0 Å². The van der Waals surface area contributed by atoms with Crippen LogP contribution in [0.25, 0.3) is 0 Å². The zero-order chi connectivity index (χ0) is 18.7. The zero-order valence-electron chi connectivity index (χ0n) is 15.9. The molecule has 2 aliphatic heterocycles. The van der Waals surface area contributed by atoms with Crippen LogP contribution in [-0.2, 0) is 4.79 Å². The predicted octanol–water partition coefficient (Wildman–Crippen LogP) is -0.114. The lowest BCUT2D eigenvalue weighted by molar-refractivity contribution is -0.907. The monoisotopic (exact) mass is 361 g/mol. The molecule has 2 saturated heterocycles. The maximum Gasteiger partial charge on any atom is 0.329 e. The number of carbonyl (C=O) groups is 2. The third-order valence-electron chi connectivity index (χ3n) is 5.25. The average Bonchev–Trinajstić information content (AvgIpc) is 2.85. The van der Waals surface area contributed by atoms with E-state index in [9.17, 15) is 9.59 Å². The van der Waals surface area contributed by atoms with Crippen LogP contribution < -0.4 is 15.1 Å². The van der Waals surface area contributed by atoms with Gasteiger partial charge in [-0.15, -0.1) is 0 Å². The van der Waals surface area contributed by atoms with Gasteiger partial charge in [-0.2, -0.15) is 0 Å². The van der Waals surface area contributed by atoms with Gasteiger partial charge in [0, 0.05) is 12.4 Å². The SMILES string of the molecule is CC(C)CC[C@]1(C)NC(=O)N(C[NH+]2CCN(c3ncccn3)CC2)C1=O. The number of hydrogen-bond donors (Lipinski definition) is 2. The van der Waals surface area contributed by atoms with E-state index in [4.69, 9.17) is 0 Å². The molecule has 3 rings (SSSR count). The summed E-state index contributed by atoms with van der Waals surface area (Å²) in [4.78, 5) is 38.5. The van der Waals surface area contributed by atoms with Crippen molar-refractivity contribution >= 4 is 17.9 Å². The smallest absolute Gasteiger partial charge is 0.329 e. The van der Waals surface area contributed by atoms with Gasteiger partial charge in [0.1, 0.15) is 5.54 Å². The summed E-state index contributed by atoms with van der Waals surface area (Å²) in [6, 6.07) is 1.54. The number of anilines is 1. The highest BCUT2D eigenvalue weighted by atomic mass is 16.2. The number of aromatic nitrogens is 2. The fourth-order valence-electron chi connectivity index (χ4n) is 3.50. The summed E-state index contributed by atoms with van der Waals surface area (Å²) >= 11 is 0. The Hall–Kier alpha value is -2.22. The van der Waals surface area contributed by atoms with Gasteiger partial charge in [0.05, 0.1) is 26.2 Å². The number of hydrogen-bond acceptors (Lipinski definition) is 5. The minimum absolute atomic E-state index is 0.0931. The molecule has 26 heavy (non-hydrogen) atoms. The van der Waals surface area contributed by atoms with Gasteiger partial charge in [-0.05, 0) is 31.7 Å². The van der Waals surface area contributed by atoms with Crippen molar-refractivity contribution in [3.8, 4) is 0 Å². The maximum absolute atomic E-state index is 12.8. The Labute approximate surface area is 154 Å². The molecule has 1 atom stereocenters. The maximum atomic E-state index is 12.8. The fourth-order valence-corrected chi connectivity index (χ4v) is 3.50. The summed E-state index contributed by atoms with van der Waals surface area (Å²) in [5.41, 5.74) is -0.763. The largest absolute Gasteiger partial charge is 0.330 e. The number of nitrogens with one attached hydrogen (secondary N) is 2. The third kappa shape index (κ3) is 3.95. The summed E-state index contributed by atoms with van der Waals surface area (Å²) in [5.74, 6) is 1.15. The molecule has 8 nitrogen and oxygen atoms in total. The Morgan fingerprint density at radius 3 is 2.50 bits per heavy atom. The Bertz CT molecular complexity index is 644. The Morgan fingerprint density at radius 2 is 1.88 bits per heavy atom. The Morgan fingerprint density at radius 1 is 1.23 bits per heavy atom. The van der Waals surface area contributed by atoms with E-state index in [-0.39, 0.29) is 11.9 Å². The molecule has 2 fully saturated rings. The first-order valence-corrected chi connectivity index (χ1v) is 9.39. The topological polar surface area (TPSA) is 82.9 Å². The number of quaternary nitrogens is 1. The van der Waals surface area contributed by atoms with E-state index in [0.29, 0.717) is 19.0 Å². The van der Waals surface area contributed by atoms with Crippen LogP contribution in [-0.4, -0.2) is 65.2 Å². The first-order chi connectivity index (χ1) is 12.4. The highest BCUT2D eigenvalue weighted by molar-refractivity contribution is 6.06. The van der Waals surface area contributed by atoms with Crippen LogP contribution in [0.4, 0.5) is 10.7 Å². The van der Waals surface area contributed by atoms with E-state index in [1.54, 1.807) is 18.5 Å². The number of amides is 3. The first kappa shape index (κ1) is 18.6. The summed E-state index contributed by atoms with van der Waals surface area (Å²) in [7, 11) is 0. The predicted molar refractivity (Wildman–Crippen MR) is 97.7 cm³/mol. The molecule has 0 aliphatic carbocycles. The van der Waals surface area contributed by atoms with Crippen molar-refractivity contribution in [1.29, 1.82) is 0 Å². The molecule has 2 N–H and O–H groups in total. The van der Waals surface area contributed by atoms with Crippen LogP contribution in [0, 0.1) is 5.92 Å². The second-order valence-electron chi connectivity index (χ2n) is 7.87. The molecule has 0 aromatic carbocycles. The molecular formula is C18H29N6O2+. The van der Waals surface area contributed by atoms with Gasteiger partial charge in [0.2, 0.25) is 5.95 Å². The molecule has 0 radical (unpaired) electrons. The molecular weight excluding hydrogens is 332 g/mol.